The summed E-state index contributed by atoms with van der Waals surface area (Å²) < 4.78 is 15.2. The van der Waals surface area contributed by atoms with Crippen molar-refractivity contribution in [2.45, 2.75) is 26.7 Å². The van der Waals surface area contributed by atoms with Crippen LogP contribution in [0.2, 0.25) is 0 Å². The Bertz CT molecular complexity index is 661. The zero-order chi connectivity index (χ0) is 18.1. The van der Waals surface area contributed by atoms with Crippen molar-refractivity contribution >= 4 is 17.6 Å². The van der Waals surface area contributed by atoms with Gasteiger partial charge in [0, 0.05) is 18.3 Å². The molecule has 1 heterocycles. The molecule has 0 amide bonds. The van der Waals surface area contributed by atoms with Gasteiger partial charge in [-0.05, 0) is 49.3 Å². The van der Waals surface area contributed by atoms with Crippen LogP contribution in [-0.2, 0) is 19.0 Å². The van der Waals surface area contributed by atoms with Gasteiger partial charge in [0.05, 0.1) is 17.9 Å². The molecule has 2 rings (SSSR count). The first kappa shape index (κ1) is 18.6. The van der Waals surface area contributed by atoms with E-state index in [1.165, 1.54) is 0 Å². The van der Waals surface area contributed by atoms with Crippen LogP contribution in [-0.4, -0.2) is 31.8 Å². The highest BCUT2D eigenvalue weighted by Crippen LogP contribution is 2.18. The molecular weight excluding hydrogens is 322 g/mol. The minimum atomic E-state index is -0.559. The molecule has 0 aromatic heterocycles. The van der Waals surface area contributed by atoms with Crippen LogP contribution in [0.3, 0.4) is 0 Å². The van der Waals surface area contributed by atoms with Crippen molar-refractivity contribution in [3.05, 3.63) is 53.4 Å². The fourth-order valence-electron chi connectivity index (χ4n) is 2.19. The predicted molar refractivity (Wildman–Crippen MR) is 94.0 cm³/mol. The third-order valence-corrected chi connectivity index (χ3v) is 3.57. The fraction of sp³-hybridized carbons (Fsp3) is 0.368. The van der Waals surface area contributed by atoms with Gasteiger partial charge in [-0.25, -0.2) is 9.59 Å². The molecule has 134 valence electrons. The number of allylic oxidation sites excluding steroid dienone is 2. The summed E-state index contributed by atoms with van der Waals surface area (Å²) in [4.78, 5) is 23.0. The molecule has 1 aliphatic rings. The molecule has 0 saturated carbocycles. The Morgan fingerprint density at radius 1 is 1.20 bits per heavy atom. The number of hydrogen-bond acceptors (Lipinski definition) is 6. The van der Waals surface area contributed by atoms with Gasteiger partial charge in [-0.3, -0.25) is 0 Å². The van der Waals surface area contributed by atoms with Gasteiger partial charge in [-0.1, -0.05) is 6.92 Å². The number of hydrogen-bond donors (Lipinski definition) is 1. The van der Waals surface area contributed by atoms with E-state index < -0.39 is 11.9 Å². The first-order valence-corrected chi connectivity index (χ1v) is 8.31. The maximum absolute atomic E-state index is 11.8. The highest BCUT2D eigenvalue weighted by Gasteiger charge is 2.11. The van der Waals surface area contributed by atoms with Crippen molar-refractivity contribution in [3.8, 4) is 0 Å². The van der Waals surface area contributed by atoms with Crippen molar-refractivity contribution < 1.29 is 23.8 Å². The average Bonchev–Trinajstić information content (AvgIpc) is 2.65. The summed E-state index contributed by atoms with van der Waals surface area (Å²) in [5.74, 6) is -0.0885. The van der Waals surface area contributed by atoms with E-state index in [0.29, 0.717) is 12.2 Å². The fourth-order valence-corrected chi connectivity index (χ4v) is 2.19. The number of ether oxygens (including phenoxy) is 3. The van der Waals surface area contributed by atoms with E-state index in [1.54, 1.807) is 31.2 Å². The lowest BCUT2D eigenvalue weighted by atomic mass is 10.1. The second-order valence-corrected chi connectivity index (χ2v) is 5.42. The van der Waals surface area contributed by atoms with Crippen LogP contribution in [0.1, 0.15) is 37.0 Å². The summed E-state index contributed by atoms with van der Waals surface area (Å²) in [7, 11) is 0. The Balaban J connectivity index is 1.84. The maximum atomic E-state index is 11.8. The molecule has 0 aliphatic carbocycles. The quantitative estimate of drug-likeness (QED) is 0.763. The zero-order valence-electron chi connectivity index (χ0n) is 14.5. The van der Waals surface area contributed by atoms with Gasteiger partial charge < -0.3 is 19.5 Å². The van der Waals surface area contributed by atoms with Crippen molar-refractivity contribution in [2.24, 2.45) is 0 Å². The highest BCUT2D eigenvalue weighted by molar-refractivity contribution is 5.91. The molecule has 1 aromatic rings. The number of rotatable bonds is 7. The van der Waals surface area contributed by atoms with E-state index in [9.17, 15) is 9.59 Å². The van der Waals surface area contributed by atoms with Crippen molar-refractivity contribution in [1.29, 1.82) is 0 Å². The number of benzene rings is 1. The lowest BCUT2D eigenvalue weighted by molar-refractivity contribution is -0.146. The first-order valence-electron chi connectivity index (χ1n) is 8.31. The van der Waals surface area contributed by atoms with Gasteiger partial charge in [0.1, 0.15) is 6.61 Å². The van der Waals surface area contributed by atoms with Crippen LogP contribution in [0.15, 0.2) is 47.9 Å². The zero-order valence-corrected chi connectivity index (χ0v) is 14.5. The number of carbonyl (C=O) groups excluding carboxylic acids is 2. The number of nitrogens with one attached hydrogen (secondary N) is 1. The summed E-state index contributed by atoms with van der Waals surface area (Å²) in [5.41, 5.74) is 2.37. The van der Waals surface area contributed by atoms with E-state index in [1.807, 2.05) is 6.20 Å². The SMILES string of the molecule is CCOC(=O)COC(=O)c1ccc(NC=C2CC=C(CC)OC2)cc1. The normalized spacial score (nSPS) is 15.1. The Morgan fingerprint density at radius 2 is 1.96 bits per heavy atom. The van der Waals surface area contributed by atoms with Gasteiger partial charge in [0.15, 0.2) is 6.61 Å². The second-order valence-electron chi connectivity index (χ2n) is 5.42. The van der Waals surface area contributed by atoms with Gasteiger partial charge in [-0.15, -0.1) is 0 Å². The summed E-state index contributed by atoms with van der Waals surface area (Å²) >= 11 is 0. The van der Waals surface area contributed by atoms with Crippen molar-refractivity contribution in [1.82, 2.24) is 0 Å². The molecule has 6 heteroatoms. The average molecular weight is 345 g/mol. The number of carbonyl (C=O) groups is 2. The molecule has 0 spiro atoms. The molecule has 0 unspecified atom stereocenters. The molecule has 6 nitrogen and oxygen atoms in total. The second kappa shape index (κ2) is 9.52. The maximum Gasteiger partial charge on any atom is 0.344 e. The summed E-state index contributed by atoms with van der Waals surface area (Å²) in [5, 5.41) is 3.18. The van der Waals surface area contributed by atoms with E-state index in [2.05, 4.69) is 18.3 Å². The predicted octanol–water partition coefficient (Wildman–Crippen LogP) is 3.42. The molecule has 0 fully saturated rings. The topological polar surface area (TPSA) is 73.9 Å². The summed E-state index contributed by atoms with van der Waals surface area (Å²) in [6, 6.07) is 6.83. The van der Waals surface area contributed by atoms with Gasteiger partial charge in [0.2, 0.25) is 0 Å². The van der Waals surface area contributed by atoms with E-state index in [-0.39, 0.29) is 13.2 Å². The third-order valence-electron chi connectivity index (χ3n) is 3.57. The van der Waals surface area contributed by atoms with Crippen LogP contribution in [0.5, 0.6) is 0 Å². The van der Waals surface area contributed by atoms with Crippen LogP contribution in [0.4, 0.5) is 5.69 Å². The van der Waals surface area contributed by atoms with Crippen molar-refractivity contribution in [2.75, 3.05) is 25.1 Å². The Kier molecular flexibility index (Phi) is 7.07. The molecule has 0 saturated heterocycles. The Morgan fingerprint density at radius 3 is 2.56 bits per heavy atom. The van der Waals surface area contributed by atoms with Crippen LogP contribution in [0, 0.1) is 0 Å². The van der Waals surface area contributed by atoms with Crippen molar-refractivity contribution in [3.63, 3.8) is 0 Å². The number of anilines is 1. The van der Waals surface area contributed by atoms with Gasteiger partial charge in [-0.2, -0.15) is 0 Å². The monoisotopic (exact) mass is 345 g/mol. The largest absolute Gasteiger partial charge is 0.494 e. The molecular formula is C19H23NO5. The Hall–Kier alpha value is -2.76. The van der Waals surface area contributed by atoms with E-state index in [4.69, 9.17) is 14.2 Å². The lowest BCUT2D eigenvalue weighted by Crippen LogP contribution is -2.16. The summed E-state index contributed by atoms with van der Waals surface area (Å²) in [6.07, 6.45) is 5.78. The van der Waals surface area contributed by atoms with Gasteiger partial charge in [0.25, 0.3) is 0 Å². The molecule has 0 radical (unpaired) electrons. The minimum absolute atomic E-state index is 0.257. The molecule has 1 aliphatic heterocycles. The van der Waals surface area contributed by atoms with Crippen LogP contribution in [0.25, 0.3) is 0 Å². The Labute approximate surface area is 147 Å². The molecule has 25 heavy (non-hydrogen) atoms. The molecule has 0 atom stereocenters. The molecule has 0 bridgehead atoms. The molecule has 1 aromatic carbocycles. The summed E-state index contributed by atoms with van der Waals surface area (Å²) in [6.45, 7) is 4.22. The number of esters is 2. The van der Waals surface area contributed by atoms with E-state index >= 15 is 0 Å². The third kappa shape index (κ3) is 5.99. The highest BCUT2D eigenvalue weighted by atomic mass is 16.6. The minimum Gasteiger partial charge on any atom is -0.494 e. The van der Waals surface area contributed by atoms with Crippen LogP contribution >= 0.6 is 0 Å². The van der Waals surface area contributed by atoms with E-state index in [0.717, 1.165) is 29.9 Å². The smallest absolute Gasteiger partial charge is 0.344 e. The van der Waals surface area contributed by atoms with Gasteiger partial charge >= 0.3 is 11.9 Å². The lowest BCUT2D eigenvalue weighted by Gasteiger charge is -2.16. The standard InChI is InChI=1S/C19H23NO5/c1-3-17-10-5-14(12-24-17)11-20-16-8-6-15(7-9-16)19(22)25-13-18(21)23-4-2/h6-11,20H,3-5,12-13H2,1-2H3. The van der Waals surface area contributed by atoms with Crippen LogP contribution < -0.4 is 5.32 Å². The first-order chi connectivity index (χ1) is 12.1. The molecule has 1 N–H and O–H groups in total.